The minimum atomic E-state index is -0.188. The molecule has 0 spiro atoms. The van der Waals surface area contributed by atoms with Crippen molar-refractivity contribution < 1.29 is 19.0 Å². The van der Waals surface area contributed by atoms with Crippen molar-refractivity contribution in [2.75, 3.05) is 25.1 Å². The maximum Gasteiger partial charge on any atom is 0.262 e. The Balaban J connectivity index is 1.47. The summed E-state index contributed by atoms with van der Waals surface area (Å²) in [4.78, 5) is 12.2. The van der Waals surface area contributed by atoms with Crippen molar-refractivity contribution >= 4 is 11.6 Å². The van der Waals surface area contributed by atoms with E-state index in [1.807, 2.05) is 42.5 Å². The van der Waals surface area contributed by atoms with Gasteiger partial charge in [0.25, 0.3) is 5.91 Å². The molecule has 0 radical (unpaired) electrons. The molecule has 3 rings (SSSR count). The van der Waals surface area contributed by atoms with Gasteiger partial charge in [-0.1, -0.05) is 32.0 Å². The van der Waals surface area contributed by atoms with E-state index in [1.165, 1.54) is 0 Å². The number of nitrogens with one attached hydrogen (secondary N) is 1. The predicted molar refractivity (Wildman–Crippen MR) is 110 cm³/mol. The van der Waals surface area contributed by atoms with Crippen LogP contribution in [0.1, 0.15) is 44.6 Å². The second kappa shape index (κ2) is 10.1. The molecule has 150 valence electrons. The Hall–Kier alpha value is -2.53. The van der Waals surface area contributed by atoms with Crippen LogP contribution in [0.2, 0.25) is 0 Å². The van der Waals surface area contributed by atoms with E-state index in [9.17, 15) is 4.79 Å². The number of hydrogen-bond donors (Lipinski definition) is 1. The average molecular weight is 383 g/mol. The minimum Gasteiger partial charge on any atom is -0.491 e. The van der Waals surface area contributed by atoms with Gasteiger partial charge in [-0.15, -0.1) is 0 Å². The molecule has 0 saturated carbocycles. The number of anilines is 1. The number of ether oxygens (including phenoxy) is 3. The molecule has 2 aromatic rings. The van der Waals surface area contributed by atoms with Crippen LogP contribution in [0.5, 0.6) is 11.5 Å². The lowest BCUT2D eigenvalue weighted by molar-refractivity contribution is -0.118. The molecule has 1 amide bonds. The Morgan fingerprint density at radius 3 is 2.68 bits per heavy atom. The highest BCUT2D eigenvalue weighted by molar-refractivity contribution is 5.91. The molecule has 0 bridgehead atoms. The van der Waals surface area contributed by atoms with Crippen molar-refractivity contribution in [3.8, 4) is 11.5 Å². The SMILES string of the molecule is CCC(C)c1ccccc1OCC(=O)Nc1ccc(OCC2CCCO2)cc1. The standard InChI is InChI=1S/C23H29NO4/c1-3-17(2)21-8-4-5-9-22(21)28-16-23(25)24-18-10-12-19(13-11-18)27-15-20-7-6-14-26-20/h4-5,8-13,17,20H,3,6-7,14-16H2,1-2H3,(H,24,25). The van der Waals surface area contributed by atoms with E-state index in [-0.39, 0.29) is 18.6 Å². The van der Waals surface area contributed by atoms with Gasteiger partial charge in [-0.2, -0.15) is 0 Å². The first-order chi connectivity index (χ1) is 13.7. The predicted octanol–water partition coefficient (Wildman–Crippen LogP) is 4.78. The molecule has 1 N–H and O–H groups in total. The topological polar surface area (TPSA) is 56.8 Å². The number of para-hydroxylation sites is 1. The Bertz CT molecular complexity index is 753. The van der Waals surface area contributed by atoms with E-state index in [4.69, 9.17) is 14.2 Å². The zero-order chi connectivity index (χ0) is 19.8. The van der Waals surface area contributed by atoms with E-state index in [0.29, 0.717) is 18.2 Å². The van der Waals surface area contributed by atoms with E-state index in [1.54, 1.807) is 0 Å². The lowest BCUT2D eigenvalue weighted by Gasteiger charge is -2.15. The fraction of sp³-hybridized carbons (Fsp3) is 0.435. The zero-order valence-electron chi connectivity index (χ0n) is 16.6. The minimum absolute atomic E-state index is 0.0231. The van der Waals surface area contributed by atoms with Crippen LogP contribution in [0.15, 0.2) is 48.5 Å². The van der Waals surface area contributed by atoms with Gasteiger partial charge < -0.3 is 19.5 Å². The molecule has 2 unspecified atom stereocenters. The van der Waals surface area contributed by atoms with Crippen LogP contribution < -0.4 is 14.8 Å². The molecule has 1 fully saturated rings. The quantitative estimate of drug-likeness (QED) is 0.677. The maximum absolute atomic E-state index is 12.2. The number of amides is 1. The Kier molecular flexibility index (Phi) is 7.31. The number of benzene rings is 2. The van der Waals surface area contributed by atoms with Crippen molar-refractivity contribution in [3.05, 3.63) is 54.1 Å². The molecule has 5 heteroatoms. The number of carbonyl (C=O) groups excluding carboxylic acids is 1. The zero-order valence-corrected chi connectivity index (χ0v) is 16.6. The van der Waals surface area contributed by atoms with Gasteiger partial charge in [-0.3, -0.25) is 4.79 Å². The van der Waals surface area contributed by atoms with E-state index in [0.717, 1.165) is 42.9 Å². The van der Waals surface area contributed by atoms with Gasteiger partial charge in [0, 0.05) is 12.3 Å². The van der Waals surface area contributed by atoms with Crippen molar-refractivity contribution in [2.24, 2.45) is 0 Å². The van der Waals surface area contributed by atoms with Crippen LogP contribution in [0, 0.1) is 0 Å². The first kappa shape index (κ1) is 20.2. The average Bonchev–Trinajstić information content (AvgIpc) is 3.25. The fourth-order valence-corrected chi connectivity index (χ4v) is 3.18. The van der Waals surface area contributed by atoms with Crippen molar-refractivity contribution in [1.82, 2.24) is 0 Å². The highest BCUT2D eigenvalue weighted by Crippen LogP contribution is 2.28. The summed E-state index contributed by atoms with van der Waals surface area (Å²) in [6.45, 7) is 5.66. The lowest BCUT2D eigenvalue weighted by Crippen LogP contribution is -2.20. The fourth-order valence-electron chi connectivity index (χ4n) is 3.18. The molecule has 28 heavy (non-hydrogen) atoms. The molecule has 1 aliphatic heterocycles. The van der Waals surface area contributed by atoms with E-state index >= 15 is 0 Å². The first-order valence-corrected chi connectivity index (χ1v) is 10.0. The van der Waals surface area contributed by atoms with Crippen LogP contribution in [-0.2, 0) is 9.53 Å². The summed E-state index contributed by atoms with van der Waals surface area (Å²) < 4.78 is 17.1. The summed E-state index contributed by atoms with van der Waals surface area (Å²) in [5.41, 5.74) is 1.85. The molecular weight excluding hydrogens is 354 g/mol. The number of rotatable bonds is 9. The van der Waals surface area contributed by atoms with Crippen LogP contribution in [0.25, 0.3) is 0 Å². The molecular formula is C23H29NO4. The molecule has 0 aliphatic carbocycles. The normalized spacial score (nSPS) is 17.1. The third kappa shape index (κ3) is 5.73. The largest absolute Gasteiger partial charge is 0.491 e. The summed E-state index contributed by atoms with van der Waals surface area (Å²) in [6, 6.07) is 15.2. The highest BCUT2D eigenvalue weighted by atomic mass is 16.5. The van der Waals surface area contributed by atoms with Gasteiger partial charge in [-0.25, -0.2) is 0 Å². The van der Waals surface area contributed by atoms with Crippen molar-refractivity contribution in [2.45, 2.75) is 45.1 Å². The molecule has 1 aliphatic rings. The van der Waals surface area contributed by atoms with Gasteiger partial charge in [0.2, 0.25) is 0 Å². The Labute approximate surface area is 167 Å². The summed E-state index contributed by atoms with van der Waals surface area (Å²) >= 11 is 0. The third-order valence-electron chi connectivity index (χ3n) is 5.02. The van der Waals surface area contributed by atoms with E-state index in [2.05, 4.69) is 25.2 Å². The summed E-state index contributed by atoms with van der Waals surface area (Å²) in [7, 11) is 0. The Morgan fingerprint density at radius 1 is 1.18 bits per heavy atom. The highest BCUT2D eigenvalue weighted by Gasteiger charge is 2.16. The molecule has 2 atom stereocenters. The monoisotopic (exact) mass is 383 g/mol. The van der Waals surface area contributed by atoms with Crippen LogP contribution in [0.3, 0.4) is 0 Å². The second-order valence-electron chi connectivity index (χ2n) is 7.15. The molecule has 1 saturated heterocycles. The smallest absolute Gasteiger partial charge is 0.262 e. The van der Waals surface area contributed by atoms with Crippen molar-refractivity contribution in [1.29, 1.82) is 0 Å². The summed E-state index contributed by atoms with van der Waals surface area (Å²) in [5, 5.41) is 2.86. The van der Waals surface area contributed by atoms with E-state index < -0.39 is 0 Å². The summed E-state index contributed by atoms with van der Waals surface area (Å²) in [5.74, 6) is 1.74. The first-order valence-electron chi connectivity index (χ1n) is 10.0. The van der Waals surface area contributed by atoms with Gasteiger partial charge in [-0.05, 0) is 61.1 Å². The second-order valence-corrected chi connectivity index (χ2v) is 7.15. The van der Waals surface area contributed by atoms with Crippen LogP contribution >= 0.6 is 0 Å². The number of carbonyl (C=O) groups is 1. The summed E-state index contributed by atoms with van der Waals surface area (Å²) in [6.07, 6.45) is 3.36. The third-order valence-corrected chi connectivity index (χ3v) is 5.02. The van der Waals surface area contributed by atoms with Gasteiger partial charge in [0.05, 0.1) is 6.10 Å². The van der Waals surface area contributed by atoms with Crippen LogP contribution in [0.4, 0.5) is 5.69 Å². The Morgan fingerprint density at radius 2 is 1.96 bits per heavy atom. The maximum atomic E-state index is 12.2. The molecule has 5 nitrogen and oxygen atoms in total. The molecule has 0 aromatic heterocycles. The van der Waals surface area contributed by atoms with Gasteiger partial charge >= 0.3 is 0 Å². The van der Waals surface area contributed by atoms with Crippen LogP contribution in [-0.4, -0.2) is 31.8 Å². The number of hydrogen-bond acceptors (Lipinski definition) is 4. The van der Waals surface area contributed by atoms with Gasteiger partial charge in [0.15, 0.2) is 6.61 Å². The lowest BCUT2D eigenvalue weighted by atomic mass is 9.98. The van der Waals surface area contributed by atoms with Gasteiger partial charge in [0.1, 0.15) is 18.1 Å². The molecule has 1 heterocycles. The van der Waals surface area contributed by atoms with Crippen molar-refractivity contribution in [3.63, 3.8) is 0 Å². The molecule has 2 aromatic carbocycles.